The van der Waals surface area contributed by atoms with Gasteiger partial charge in [-0.05, 0) is 104 Å². The van der Waals surface area contributed by atoms with Crippen molar-refractivity contribution in [3.63, 3.8) is 0 Å². The molecule has 5 aromatic carbocycles. The third-order valence-corrected chi connectivity index (χ3v) is 18.2. The van der Waals surface area contributed by atoms with Gasteiger partial charge in [-0.15, -0.1) is 0 Å². The number of para-hydroxylation sites is 2. The number of nitrogens with one attached hydrogen (secondary N) is 6. The smallest absolute Gasteiger partial charge is 0.288 e. The summed E-state index contributed by atoms with van der Waals surface area (Å²) in [6.45, 7) is 2.52. The van der Waals surface area contributed by atoms with Crippen molar-refractivity contribution in [2.45, 2.75) is 107 Å². The van der Waals surface area contributed by atoms with Gasteiger partial charge in [0.1, 0.15) is 25.3 Å². The summed E-state index contributed by atoms with van der Waals surface area (Å²) in [4.78, 5) is 109. The zero-order valence-electron chi connectivity index (χ0n) is 48.7. The van der Waals surface area contributed by atoms with E-state index in [0.717, 1.165) is 16.8 Å². The molecule has 0 aliphatic carbocycles. The van der Waals surface area contributed by atoms with E-state index in [0.29, 0.717) is 51.7 Å². The molecule has 470 valence electrons. The summed E-state index contributed by atoms with van der Waals surface area (Å²) in [7, 11) is -6.76. The molecule has 29 heteroatoms. The van der Waals surface area contributed by atoms with Gasteiger partial charge in [0.2, 0.25) is 29.5 Å². The van der Waals surface area contributed by atoms with Gasteiger partial charge in [-0.25, -0.2) is 0 Å². The van der Waals surface area contributed by atoms with Crippen LogP contribution in [0.1, 0.15) is 88.9 Å². The van der Waals surface area contributed by atoms with Crippen LogP contribution in [-0.4, -0.2) is 147 Å². The van der Waals surface area contributed by atoms with E-state index < -0.39 is 96.8 Å². The zero-order valence-corrected chi connectivity index (χ0v) is 50.3. The highest BCUT2D eigenvalue weighted by Gasteiger charge is 2.48. The maximum absolute atomic E-state index is 14.3. The fourth-order valence-corrected chi connectivity index (χ4v) is 13.2. The van der Waals surface area contributed by atoms with E-state index in [1.54, 1.807) is 59.5 Å². The van der Waals surface area contributed by atoms with Gasteiger partial charge in [0.15, 0.2) is 33.6 Å². The van der Waals surface area contributed by atoms with Gasteiger partial charge in [-0.3, -0.25) is 52.4 Å². The van der Waals surface area contributed by atoms with Crippen molar-refractivity contribution in [1.82, 2.24) is 20.9 Å². The molecule has 8 N–H and O–H groups in total. The number of hydrogen-bond acceptors (Lipinski definition) is 18. The van der Waals surface area contributed by atoms with Crippen molar-refractivity contribution in [1.29, 1.82) is 0 Å². The molecule has 0 bridgehead atoms. The number of nitrogens with zero attached hydrogens (tertiary/aromatic N) is 3. The van der Waals surface area contributed by atoms with E-state index in [9.17, 15) is 64.3 Å². The number of imide groups is 1. The molecule has 27 nitrogen and oxygen atoms in total. The Morgan fingerprint density at radius 2 is 1.21 bits per heavy atom. The number of carbonyl (C=O) groups is 8. The molecule has 1 fully saturated rings. The average Bonchev–Trinajstić information content (AvgIpc) is 1.63. The maximum Gasteiger partial charge on any atom is 0.288 e. The predicted molar refractivity (Wildman–Crippen MR) is 322 cm³/mol. The number of benzene rings is 5. The van der Waals surface area contributed by atoms with E-state index in [1.807, 2.05) is 24.3 Å². The molecular weight excluding hydrogens is 1200 g/mol. The molecule has 10 rings (SSSR count). The summed E-state index contributed by atoms with van der Waals surface area (Å²) in [5.41, 5.74) is 5.35. The fourth-order valence-electron chi connectivity index (χ4n) is 11.6. The van der Waals surface area contributed by atoms with Crippen molar-refractivity contribution in [2.24, 2.45) is 0 Å². The third-order valence-electron chi connectivity index (χ3n) is 16.0. The minimum Gasteiger partial charge on any atom is -0.493 e. The molecule has 0 radical (unpaired) electrons. The van der Waals surface area contributed by atoms with Crippen LogP contribution in [0.3, 0.4) is 0 Å². The molecule has 0 aromatic heterocycles. The monoisotopic (exact) mass is 1260 g/mol. The van der Waals surface area contributed by atoms with Crippen molar-refractivity contribution in [2.75, 3.05) is 59.6 Å². The number of fused-ring (bicyclic) bond motifs is 8. The largest absolute Gasteiger partial charge is 0.493 e. The molecule has 89 heavy (non-hydrogen) atoms. The summed E-state index contributed by atoms with van der Waals surface area (Å²) in [5, 5.41) is 13.3. The Hall–Kier alpha value is -9.32. The Balaban J connectivity index is 0.807. The van der Waals surface area contributed by atoms with E-state index in [4.69, 9.17) is 18.9 Å². The summed E-state index contributed by atoms with van der Waals surface area (Å²) in [6.07, 6.45) is 0.519. The molecule has 8 amide bonds. The van der Waals surface area contributed by atoms with Crippen molar-refractivity contribution >= 4 is 95.9 Å². The predicted octanol–water partition coefficient (Wildman–Crippen LogP) is 3.71. The van der Waals surface area contributed by atoms with E-state index >= 15 is 0 Å². The van der Waals surface area contributed by atoms with Crippen molar-refractivity contribution in [3.05, 3.63) is 124 Å². The lowest BCUT2D eigenvalue weighted by Gasteiger charge is -2.27. The van der Waals surface area contributed by atoms with Crippen LogP contribution in [0.2, 0.25) is 0 Å². The normalized spacial score (nSPS) is 18.9. The Bertz CT molecular complexity index is 3940. The number of unbranched alkanes of at least 4 members (excludes halogenated alkanes) is 1. The number of ether oxygens (including phenoxy) is 4. The van der Waals surface area contributed by atoms with Crippen LogP contribution in [-0.2, 0) is 75.1 Å². The highest BCUT2D eigenvalue weighted by atomic mass is 32.2. The molecule has 2 unspecified atom stereocenters. The van der Waals surface area contributed by atoms with Gasteiger partial charge in [-0.1, -0.05) is 36.4 Å². The molecular formula is C60H65N9O18S2. The third kappa shape index (κ3) is 13.6. The molecule has 5 aliphatic rings. The highest BCUT2D eigenvalue weighted by Crippen LogP contribution is 2.44. The fraction of sp³-hybridized carbons (Fsp3) is 0.367. The first-order valence-corrected chi connectivity index (χ1v) is 31.5. The Morgan fingerprint density at radius 3 is 1.82 bits per heavy atom. The van der Waals surface area contributed by atoms with E-state index in [-0.39, 0.29) is 105 Å². The number of carbonyl (C=O) groups excluding carboxylic acids is 8. The maximum atomic E-state index is 14.3. The summed E-state index contributed by atoms with van der Waals surface area (Å²) >= 11 is 0. The average molecular weight is 1260 g/mol. The second-order valence-electron chi connectivity index (χ2n) is 22.1. The van der Waals surface area contributed by atoms with Gasteiger partial charge in [-0.2, -0.15) is 16.8 Å². The van der Waals surface area contributed by atoms with Gasteiger partial charge in [0.05, 0.1) is 55.2 Å². The van der Waals surface area contributed by atoms with Crippen molar-refractivity contribution in [3.8, 4) is 23.0 Å². The number of likely N-dealkylation sites (tertiary alicyclic amines) is 1. The topological polar surface area (TPSA) is 364 Å². The van der Waals surface area contributed by atoms with Crippen LogP contribution >= 0.6 is 0 Å². The molecule has 5 heterocycles. The molecule has 0 spiro atoms. The van der Waals surface area contributed by atoms with Crippen LogP contribution in [0.25, 0.3) is 0 Å². The van der Waals surface area contributed by atoms with Crippen LogP contribution in [0.15, 0.2) is 91.0 Å². The first kappa shape index (κ1) is 62.7. The summed E-state index contributed by atoms with van der Waals surface area (Å²) in [5.74, 6) is -4.19. The lowest BCUT2D eigenvalue weighted by atomic mass is 10.1. The number of hydrogen-bond donors (Lipinski definition) is 8. The number of amides is 8. The quantitative estimate of drug-likeness (QED) is 0.0262. The molecule has 6 atom stereocenters. The molecule has 0 saturated carbocycles. The minimum atomic E-state index is -4.81. The van der Waals surface area contributed by atoms with E-state index in [1.165, 1.54) is 45.1 Å². The second kappa shape index (κ2) is 25.8. The molecule has 1 saturated heterocycles. The van der Waals surface area contributed by atoms with Gasteiger partial charge in [0.25, 0.3) is 38.0 Å². The van der Waals surface area contributed by atoms with Gasteiger partial charge in [0, 0.05) is 61.7 Å². The lowest BCUT2D eigenvalue weighted by molar-refractivity contribution is -0.138. The summed E-state index contributed by atoms with van der Waals surface area (Å²) < 4.78 is 92.8. The van der Waals surface area contributed by atoms with Crippen LogP contribution < -0.4 is 60.6 Å². The second-order valence-corrected chi connectivity index (χ2v) is 25.2. The van der Waals surface area contributed by atoms with Crippen molar-refractivity contribution < 1.29 is 83.2 Å². The van der Waals surface area contributed by atoms with Crippen LogP contribution in [0, 0.1) is 0 Å². The highest BCUT2D eigenvalue weighted by molar-refractivity contribution is 7.87. The van der Waals surface area contributed by atoms with Crippen LogP contribution in [0.4, 0.5) is 28.4 Å². The van der Waals surface area contributed by atoms with Gasteiger partial charge < -0.3 is 60.6 Å². The zero-order chi connectivity index (χ0) is 63.6. The minimum absolute atomic E-state index is 0.0293. The number of rotatable bonds is 23. The van der Waals surface area contributed by atoms with Gasteiger partial charge >= 0.3 is 0 Å². The molecule has 5 aliphatic heterocycles. The number of anilines is 5. The summed E-state index contributed by atoms with van der Waals surface area (Å²) in [6, 6.07) is 22.5. The Morgan fingerprint density at radius 1 is 0.652 bits per heavy atom. The van der Waals surface area contributed by atoms with Crippen LogP contribution in [0.5, 0.6) is 23.0 Å². The number of methoxy groups -OCH3 is 2. The Kier molecular flexibility index (Phi) is 18.2. The SMILES string of the molecule is COc1cc2c(cc1OCc1cc(COc3cc4c(cc3OC)C(=O)N3c5ccccc5C[C@H]3CN4)cc(NC(=O)[C@H](C)NC(=O)[C@H](C)NC(=O)CCCCC(=O)NCCN3C(=O)CC(S(=O)(=O)O)C3=O)c1)N[C@H](S(=O)(=O)O)C1Cc3ccccc3N1C2=O. The lowest BCUT2D eigenvalue weighted by Crippen LogP contribution is -2.50. The first-order valence-electron chi connectivity index (χ1n) is 28.5. The Labute approximate surface area is 511 Å². The molecule has 5 aromatic rings. The first-order chi connectivity index (χ1) is 42.4. The standard InChI is InChI=1S/C60H65N9O18S2/c1-32(63-53(71)16-10-9-15-52(70)61-17-18-67-54(72)28-51(60(67)77)88(78,79)80)55(73)64-33(2)56(74)65-38-20-34(30-86-49-26-42-40(24-47(49)84-3)58(75)68-39(29-62-42)22-36-11-5-7-13-44(36)68)19-35(21-38)31-87-50-27-43-41(25-48(50)85-4)59(76)69-45-14-8-6-12-37(45)23-46(69)57(66-43)89(81,82)83/h5-8,11-14,19-21,24-27,32-33,39,46,51,57,62,66H,9-10,15-18,22-23,28-31H2,1-4H3,(H,61,70)(H,63,71)(H,64,73)(H,65,74)(H,78,79,80)(H,81,82,83)/t32-,33-,39-,46?,51?,57+/m0/s1. The van der Waals surface area contributed by atoms with E-state index in [2.05, 4.69) is 31.9 Å².